The number of rotatable bonds is 7. The van der Waals surface area contributed by atoms with Crippen molar-refractivity contribution in [3.63, 3.8) is 0 Å². The first-order chi connectivity index (χ1) is 18.4. The van der Waals surface area contributed by atoms with Crippen LogP contribution in [0.25, 0.3) is 0 Å². The van der Waals surface area contributed by atoms with Crippen molar-refractivity contribution in [1.29, 1.82) is 0 Å². The maximum atomic E-state index is 14.8. The molecule has 39 heavy (non-hydrogen) atoms. The lowest BCUT2D eigenvalue weighted by molar-refractivity contribution is -0.156. The Morgan fingerprint density at radius 2 is 1.92 bits per heavy atom. The summed E-state index contributed by atoms with van der Waals surface area (Å²) >= 11 is 0. The predicted molar refractivity (Wildman–Crippen MR) is 145 cm³/mol. The summed E-state index contributed by atoms with van der Waals surface area (Å²) in [4.78, 5) is 51.4. The fraction of sp³-hybridized carbons (Fsp3) is 0.393. The lowest BCUT2D eigenvalue weighted by Gasteiger charge is -2.46. The predicted octanol–water partition coefficient (Wildman–Crippen LogP) is 3.29. The molecule has 3 heterocycles. The third kappa shape index (κ3) is 5.47. The highest BCUT2D eigenvalue weighted by atomic mass is 19.1. The fourth-order valence-electron chi connectivity index (χ4n) is 5.08. The van der Waals surface area contributed by atoms with E-state index in [1.165, 1.54) is 11.0 Å². The molecule has 1 aliphatic heterocycles. The van der Waals surface area contributed by atoms with Crippen molar-refractivity contribution < 1.29 is 18.8 Å². The van der Waals surface area contributed by atoms with Crippen molar-refractivity contribution >= 4 is 29.6 Å². The van der Waals surface area contributed by atoms with Gasteiger partial charge in [0.15, 0.2) is 0 Å². The number of imidazole rings is 1. The number of β-lactam (4-membered cyclic amide) rings is 1. The fourth-order valence-corrected chi connectivity index (χ4v) is 5.08. The van der Waals surface area contributed by atoms with E-state index in [-0.39, 0.29) is 12.3 Å². The number of aryl methyl sites for hydroxylation is 3. The first kappa shape index (κ1) is 27.7. The largest absolute Gasteiger partial charge is 0.384 e. The standard InChI is InChI=1S/C28H34FN7O3/c1-15(2)23(19-11-16(3)7-8-21(19)29)33-28(39)36-24(26(38)35(6)27-31-9-10-34(27)5)20(25(36)37)13-18-12-17(4)32-22(30)14-18/h7-12,14-15,20,23-24H,13H2,1-6H3,(H2,30,32)(H,33,39)/t20-,23-,24+/m1/s1. The monoisotopic (exact) mass is 535 g/mol. The van der Waals surface area contributed by atoms with Gasteiger partial charge in [0.2, 0.25) is 11.9 Å². The molecule has 3 N–H and O–H groups in total. The van der Waals surface area contributed by atoms with E-state index in [2.05, 4.69) is 15.3 Å². The third-order valence-corrected chi connectivity index (χ3v) is 7.03. The molecule has 0 spiro atoms. The second kappa shape index (κ2) is 10.8. The van der Waals surface area contributed by atoms with Crippen LogP contribution in [0.3, 0.4) is 0 Å². The third-order valence-electron chi connectivity index (χ3n) is 7.03. The molecule has 1 aliphatic rings. The summed E-state index contributed by atoms with van der Waals surface area (Å²) in [6.07, 6.45) is 3.44. The molecule has 206 valence electrons. The molecule has 1 fully saturated rings. The van der Waals surface area contributed by atoms with Crippen molar-refractivity contribution in [2.45, 2.75) is 46.2 Å². The van der Waals surface area contributed by atoms with Crippen LogP contribution < -0.4 is 16.0 Å². The van der Waals surface area contributed by atoms with E-state index in [9.17, 15) is 18.8 Å². The average Bonchev–Trinajstić information content (AvgIpc) is 3.29. The van der Waals surface area contributed by atoms with Crippen molar-refractivity contribution in [3.05, 3.63) is 70.9 Å². The van der Waals surface area contributed by atoms with E-state index in [1.807, 2.05) is 20.8 Å². The summed E-state index contributed by atoms with van der Waals surface area (Å²) < 4.78 is 16.4. The molecule has 1 aromatic carbocycles. The van der Waals surface area contributed by atoms with Crippen LogP contribution in [0.2, 0.25) is 0 Å². The van der Waals surface area contributed by atoms with Crippen LogP contribution in [0.4, 0.5) is 21.0 Å². The molecule has 1 saturated heterocycles. The summed E-state index contributed by atoms with van der Waals surface area (Å²) in [6, 6.07) is 5.57. The van der Waals surface area contributed by atoms with Gasteiger partial charge in [0.05, 0.1) is 12.0 Å². The van der Waals surface area contributed by atoms with Gasteiger partial charge in [0.25, 0.3) is 5.91 Å². The number of hydrogen-bond donors (Lipinski definition) is 2. The van der Waals surface area contributed by atoms with Gasteiger partial charge in [-0.25, -0.2) is 19.2 Å². The van der Waals surface area contributed by atoms with Gasteiger partial charge in [-0.3, -0.25) is 19.4 Å². The Morgan fingerprint density at radius 1 is 1.21 bits per heavy atom. The van der Waals surface area contributed by atoms with E-state index in [1.54, 1.807) is 62.2 Å². The number of pyridine rings is 1. The van der Waals surface area contributed by atoms with Gasteiger partial charge in [0.1, 0.15) is 17.7 Å². The Bertz CT molecular complexity index is 1400. The van der Waals surface area contributed by atoms with Crippen molar-refractivity contribution in [1.82, 2.24) is 24.8 Å². The van der Waals surface area contributed by atoms with Crippen LogP contribution in [0.5, 0.6) is 0 Å². The molecule has 0 radical (unpaired) electrons. The molecule has 0 unspecified atom stereocenters. The number of nitrogens with two attached hydrogens (primary N) is 1. The number of carbonyl (C=O) groups is 3. The second-order valence-electron chi connectivity index (χ2n) is 10.4. The molecule has 11 heteroatoms. The lowest BCUT2D eigenvalue weighted by atomic mass is 9.81. The molecule has 3 aromatic rings. The van der Waals surface area contributed by atoms with Gasteiger partial charge in [-0.2, -0.15) is 0 Å². The number of halogens is 1. The summed E-state index contributed by atoms with van der Waals surface area (Å²) in [5.41, 5.74) is 8.47. The van der Waals surface area contributed by atoms with Crippen LogP contribution in [0.15, 0.2) is 42.7 Å². The van der Waals surface area contributed by atoms with E-state index in [0.717, 1.165) is 16.0 Å². The molecule has 10 nitrogen and oxygen atoms in total. The number of hydrogen-bond acceptors (Lipinski definition) is 6. The number of anilines is 2. The SMILES string of the molecule is Cc1ccc(F)c([C@H](NC(=O)N2C(=O)[C@H](Cc3cc(C)nc(N)c3)[C@H]2C(=O)N(C)c2nccn2C)C(C)C)c1. The van der Waals surface area contributed by atoms with E-state index < -0.39 is 41.7 Å². The number of likely N-dealkylation sites (tertiary alicyclic amines) is 1. The van der Waals surface area contributed by atoms with Gasteiger partial charge in [-0.15, -0.1) is 0 Å². The van der Waals surface area contributed by atoms with E-state index in [0.29, 0.717) is 23.0 Å². The Kier molecular flexibility index (Phi) is 7.71. The van der Waals surface area contributed by atoms with Crippen molar-refractivity contribution in [2.75, 3.05) is 17.7 Å². The molecule has 3 atom stereocenters. The van der Waals surface area contributed by atoms with E-state index >= 15 is 0 Å². The number of nitrogens with zero attached hydrogens (tertiary/aromatic N) is 5. The number of carbonyl (C=O) groups excluding carboxylic acids is 3. The minimum absolute atomic E-state index is 0.190. The quantitative estimate of drug-likeness (QED) is 0.447. The topological polar surface area (TPSA) is 126 Å². The van der Waals surface area contributed by atoms with Crippen LogP contribution in [-0.4, -0.2) is 50.4 Å². The number of aromatic nitrogens is 3. The molecular formula is C28H34FN7O3. The van der Waals surface area contributed by atoms with Gasteiger partial charge < -0.3 is 15.6 Å². The number of imide groups is 1. The van der Waals surface area contributed by atoms with Gasteiger partial charge in [0, 0.05) is 37.7 Å². The van der Waals surface area contributed by atoms with Gasteiger partial charge in [-0.05, 0) is 49.9 Å². The minimum Gasteiger partial charge on any atom is -0.384 e. The van der Waals surface area contributed by atoms with Crippen molar-refractivity contribution in [2.24, 2.45) is 18.9 Å². The van der Waals surface area contributed by atoms with Crippen LogP contribution in [0, 0.1) is 31.5 Å². The molecule has 0 aliphatic carbocycles. The normalized spacial score (nSPS) is 17.6. The summed E-state index contributed by atoms with van der Waals surface area (Å²) in [6.45, 7) is 7.32. The Balaban J connectivity index is 1.66. The maximum absolute atomic E-state index is 14.8. The molecule has 4 rings (SSSR count). The molecule has 0 bridgehead atoms. The molecule has 0 saturated carbocycles. The zero-order chi connectivity index (χ0) is 28.6. The minimum atomic E-state index is -1.09. The summed E-state index contributed by atoms with van der Waals surface area (Å²) in [5, 5.41) is 2.81. The zero-order valence-electron chi connectivity index (χ0n) is 23.0. The second-order valence-corrected chi connectivity index (χ2v) is 10.4. The molecule has 4 amide bonds. The Morgan fingerprint density at radius 3 is 2.54 bits per heavy atom. The van der Waals surface area contributed by atoms with E-state index in [4.69, 9.17) is 5.73 Å². The lowest BCUT2D eigenvalue weighted by Crippen LogP contribution is -2.70. The highest BCUT2D eigenvalue weighted by molar-refractivity contribution is 6.12. The average molecular weight is 536 g/mol. The summed E-state index contributed by atoms with van der Waals surface area (Å²) in [5.74, 6) is -1.75. The van der Waals surface area contributed by atoms with Crippen LogP contribution in [0.1, 0.15) is 42.3 Å². The number of likely N-dealkylation sites (N-methyl/N-ethyl adjacent to an activating group) is 1. The summed E-state index contributed by atoms with van der Waals surface area (Å²) in [7, 11) is 3.29. The zero-order valence-corrected chi connectivity index (χ0v) is 23.0. The van der Waals surface area contributed by atoms with Crippen LogP contribution in [-0.2, 0) is 23.1 Å². The molecular weight excluding hydrogens is 501 g/mol. The Labute approximate surface area is 227 Å². The highest BCUT2D eigenvalue weighted by Gasteiger charge is 2.55. The maximum Gasteiger partial charge on any atom is 0.325 e. The number of urea groups is 1. The van der Waals surface area contributed by atoms with Crippen molar-refractivity contribution in [3.8, 4) is 0 Å². The number of benzene rings is 1. The number of amides is 4. The first-order valence-electron chi connectivity index (χ1n) is 12.8. The first-order valence-corrected chi connectivity index (χ1v) is 12.8. The highest BCUT2D eigenvalue weighted by Crippen LogP contribution is 2.34. The Hall–Kier alpha value is -4.28. The van der Waals surface area contributed by atoms with Gasteiger partial charge in [-0.1, -0.05) is 31.5 Å². The van der Waals surface area contributed by atoms with Crippen LogP contribution >= 0.6 is 0 Å². The van der Waals surface area contributed by atoms with Gasteiger partial charge >= 0.3 is 6.03 Å². The number of nitrogen functional groups attached to an aromatic ring is 1. The smallest absolute Gasteiger partial charge is 0.325 e. The molecule has 2 aromatic heterocycles. The number of nitrogens with one attached hydrogen (secondary N) is 1.